The highest BCUT2D eigenvalue weighted by molar-refractivity contribution is 5.68. The largest absolute Gasteiger partial charge is 0.383 e. The number of hydrogen-bond donors (Lipinski definition) is 2. The highest BCUT2D eigenvalue weighted by Gasteiger charge is 2.09. The van der Waals surface area contributed by atoms with Gasteiger partial charge in [0.25, 0.3) is 0 Å². The van der Waals surface area contributed by atoms with Crippen molar-refractivity contribution in [2.24, 2.45) is 0 Å². The fourth-order valence-electron chi connectivity index (χ4n) is 1.73. The van der Waals surface area contributed by atoms with Crippen molar-refractivity contribution >= 4 is 5.82 Å². The molecule has 0 aliphatic heterocycles. The third-order valence-electron chi connectivity index (χ3n) is 2.67. The SMILES string of the molecule is COCCNc1n[nH]c(-c2ccccc2)c1C. The number of ether oxygens (including phenoxy) is 1. The molecule has 1 aromatic heterocycles. The second kappa shape index (κ2) is 5.50. The Hall–Kier alpha value is -1.81. The standard InChI is InChI=1S/C13H17N3O/c1-10-12(11-6-4-3-5-7-11)15-16-13(10)14-8-9-17-2/h3-7H,8-9H2,1-2H3,(H2,14,15,16). The van der Waals surface area contributed by atoms with Crippen molar-refractivity contribution in [3.8, 4) is 11.3 Å². The highest BCUT2D eigenvalue weighted by Crippen LogP contribution is 2.25. The molecule has 1 aromatic carbocycles. The first-order valence-electron chi connectivity index (χ1n) is 5.66. The molecule has 2 N–H and O–H groups in total. The molecule has 0 radical (unpaired) electrons. The molecule has 4 nitrogen and oxygen atoms in total. The van der Waals surface area contributed by atoms with Gasteiger partial charge in [-0.15, -0.1) is 0 Å². The molecule has 0 spiro atoms. The van der Waals surface area contributed by atoms with E-state index < -0.39 is 0 Å². The van der Waals surface area contributed by atoms with E-state index >= 15 is 0 Å². The Balaban J connectivity index is 2.15. The summed E-state index contributed by atoms with van der Waals surface area (Å²) in [5, 5.41) is 10.6. The summed E-state index contributed by atoms with van der Waals surface area (Å²) in [5.74, 6) is 0.890. The minimum Gasteiger partial charge on any atom is -0.383 e. The van der Waals surface area contributed by atoms with Gasteiger partial charge in [0.1, 0.15) is 0 Å². The fraction of sp³-hybridized carbons (Fsp3) is 0.308. The number of aromatic nitrogens is 2. The van der Waals surface area contributed by atoms with Gasteiger partial charge in [0, 0.05) is 19.2 Å². The normalized spacial score (nSPS) is 10.5. The van der Waals surface area contributed by atoms with Crippen LogP contribution in [0, 0.1) is 6.92 Å². The zero-order chi connectivity index (χ0) is 12.1. The van der Waals surface area contributed by atoms with Crippen LogP contribution in [0.4, 0.5) is 5.82 Å². The Labute approximate surface area is 101 Å². The van der Waals surface area contributed by atoms with Crippen molar-refractivity contribution in [1.29, 1.82) is 0 Å². The number of nitrogens with one attached hydrogen (secondary N) is 2. The van der Waals surface area contributed by atoms with Crippen LogP contribution in [0.2, 0.25) is 0 Å². The number of rotatable bonds is 5. The van der Waals surface area contributed by atoms with Crippen LogP contribution in [0.3, 0.4) is 0 Å². The maximum absolute atomic E-state index is 4.99. The number of hydrogen-bond acceptors (Lipinski definition) is 3. The van der Waals surface area contributed by atoms with E-state index in [0.29, 0.717) is 6.61 Å². The van der Waals surface area contributed by atoms with Crippen LogP contribution < -0.4 is 5.32 Å². The maximum atomic E-state index is 4.99. The van der Waals surface area contributed by atoms with Gasteiger partial charge in [0.05, 0.1) is 12.3 Å². The number of aromatic amines is 1. The van der Waals surface area contributed by atoms with Gasteiger partial charge in [-0.1, -0.05) is 30.3 Å². The van der Waals surface area contributed by atoms with Crippen molar-refractivity contribution in [1.82, 2.24) is 10.2 Å². The van der Waals surface area contributed by atoms with Crippen molar-refractivity contribution in [2.45, 2.75) is 6.92 Å². The summed E-state index contributed by atoms with van der Waals surface area (Å²) < 4.78 is 4.99. The van der Waals surface area contributed by atoms with Crippen LogP contribution >= 0.6 is 0 Å². The van der Waals surface area contributed by atoms with E-state index in [0.717, 1.165) is 29.2 Å². The van der Waals surface area contributed by atoms with Crippen LogP contribution in [0.5, 0.6) is 0 Å². The summed E-state index contributed by atoms with van der Waals surface area (Å²) in [4.78, 5) is 0. The lowest BCUT2D eigenvalue weighted by Crippen LogP contribution is -2.08. The number of methoxy groups -OCH3 is 1. The summed E-state index contributed by atoms with van der Waals surface area (Å²) >= 11 is 0. The molecule has 0 aliphatic carbocycles. The minimum atomic E-state index is 0.674. The smallest absolute Gasteiger partial charge is 0.151 e. The van der Waals surface area contributed by atoms with Gasteiger partial charge in [-0.3, -0.25) is 5.10 Å². The molecule has 0 saturated carbocycles. The average Bonchev–Trinajstić information content (AvgIpc) is 2.73. The van der Waals surface area contributed by atoms with Gasteiger partial charge < -0.3 is 10.1 Å². The zero-order valence-corrected chi connectivity index (χ0v) is 10.2. The molecule has 0 fully saturated rings. The van der Waals surface area contributed by atoms with Crippen molar-refractivity contribution < 1.29 is 4.74 Å². The molecule has 2 rings (SSSR count). The first-order valence-corrected chi connectivity index (χ1v) is 5.66. The van der Waals surface area contributed by atoms with Crippen LogP contribution in [0.25, 0.3) is 11.3 Å². The zero-order valence-electron chi connectivity index (χ0n) is 10.2. The van der Waals surface area contributed by atoms with Crippen LogP contribution in [0.15, 0.2) is 30.3 Å². The number of benzene rings is 1. The third kappa shape index (κ3) is 2.65. The van der Waals surface area contributed by atoms with E-state index in [2.05, 4.69) is 34.6 Å². The Morgan fingerprint density at radius 3 is 2.76 bits per heavy atom. The predicted molar refractivity (Wildman–Crippen MR) is 69.1 cm³/mol. The predicted octanol–water partition coefficient (Wildman–Crippen LogP) is 2.44. The first-order chi connectivity index (χ1) is 8.33. The van der Waals surface area contributed by atoms with Gasteiger partial charge in [-0.25, -0.2) is 0 Å². The molecular weight excluding hydrogens is 214 g/mol. The lowest BCUT2D eigenvalue weighted by Gasteiger charge is -2.03. The van der Waals surface area contributed by atoms with Crippen LogP contribution in [0.1, 0.15) is 5.56 Å². The van der Waals surface area contributed by atoms with E-state index in [9.17, 15) is 0 Å². The van der Waals surface area contributed by atoms with Gasteiger partial charge in [-0.2, -0.15) is 5.10 Å². The van der Waals surface area contributed by atoms with Crippen LogP contribution in [-0.4, -0.2) is 30.5 Å². The molecule has 1 heterocycles. The second-order valence-corrected chi connectivity index (χ2v) is 3.86. The summed E-state index contributed by atoms with van der Waals surface area (Å²) in [6.45, 7) is 3.49. The maximum Gasteiger partial charge on any atom is 0.151 e. The molecule has 0 saturated heterocycles. The van der Waals surface area contributed by atoms with Crippen LogP contribution in [-0.2, 0) is 4.74 Å². The Morgan fingerprint density at radius 1 is 1.29 bits per heavy atom. The summed E-state index contributed by atoms with van der Waals surface area (Å²) in [6, 6.07) is 10.2. The second-order valence-electron chi connectivity index (χ2n) is 3.86. The number of H-pyrrole nitrogens is 1. The summed E-state index contributed by atoms with van der Waals surface area (Å²) in [6.07, 6.45) is 0. The van der Waals surface area contributed by atoms with E-state index in [1.54, 1.807) is 7.11 Å². The quantitative estimate of drug-likeness (QED) is 0.777. The molecule has 0 aliphatic rings. The van der Waals surface area contributed by atoms with E-state index in [1.165, 1.54) is 0 Å². The van der Waals surface area contributed by atoms with Gasteiger partial charge in [0.2, 0.25) is 0 Å². The van der Waals surface area contributed by atoms with E-state index in [4.69, 9.17) is 4.74 Å². The molecule has 17 heavy (non-hydrogen) atoms. The lowest BCUT2D eigenvalue weighted by molar-refractivity contribution is 0.210. The molecular formula is C13H17N3O. The molecule has 2 aromatic rings. The molecule has 0 atom stereocenters. The molecule has 0 bridgehead atoms. The van der Waals surface area contributed by atoms with Gasteiger partial charge in [0.15, 0.2) is 5.82 Å². The van der Waals surface area contributed by atoms with E-state index in [1.807, 2.05) is 18.2 Å². The highest BCUT2D eigenvalue weighted by atomic mass is 16.5. The third-order valence-corrected chi connectivity index (χ3v) is 2.67. The first kappa shape index (κ1) is 11.7. The Kier molecular flexibility index (Phi) is 3.77. The summed E-state index contributed by atoms with van der Waals surface area (Å²) in [7, 11) is 1.69. The minimum absolute atomic E-state index is 0.674. The average molecular weight is 231 g/mol. The van der Waals surface area contributed by atoms with Crippen molar-refractivity contribution in [3.05, 3.63) is 35.9 Å². The topological polar surface area (TPSA) is 49.9 Å². The molecule has 90 valence electrons. The Morgan fingerprint density at radius 2 is 2.06 bits per heavy atom. The lowest BCUT2D eigenvalue weighted by atomic mass is 10.1. The molecule has 4 heteroatoms. The number of nitrogens with zero attached hydrogens (tertiary/aromatic N) is 1. The fourth-order valence-corrected chi connectivity index (χ4v) is 1.73. The molecule has 0 unspecified atom stereocenters. The van der Waals surface area contributed by atoms with E-state index in [-0.39, 0.29) is 0 Å². The van der Waals surface area contributed by atoms with Crippen molar-refractivity contribution in [2.75, 3.05) is 25.6 Å². The Bertz CT molecular complexity index is 465. The monoisotopic (exact) mass is 231 g/mol. The number of anilines is 1. The van der Waals surface area contributed by atoms with Gasteiger partial charge in [-0.05, 0) is 12.5 Å². The van der Waals surface area contributed by atoms with Gasteiger partial charge >= 0.3 is 0 Å². The van der Waals surface area contributed by atoms with Crippen molar-refractivity contribution in [3.63, 3.8) is 0 Å². The summed E-state index contributed by atoms with van der Waals surface area (Å²) in [5.41, 5.74) is 3.34. The molecule has 0 amide bonds.